The largest absolute Gasteiger partial charge is 0.493 e. The van der Waals surface area contributed by atoms with Crippen LogP contribution in [0.5, 0.6) is 5.75 Å². The lowest BCUT2D eigenvalue weighted by molar-refractivity contribution is 0.296. The van der Waals surface area contributed by atoms with Gasteiger partial charge in [-0.25, -0.2) is 4.98 Å². The average Bonchev–Trinajstić information content (AvgIpc) is 3.64. The van der Waals surface area contributed by atoms with Crippen LogP contribution in [0.1, 0.15) is 24.0 Å². The number of aromatic nitrogens is 1. The van der Waals surface area contributed by atoms with Gasteiger partial charge in [0.15, 0.2) is 5.96 Å². The van der Waals surface area contributed by atoms with Crippen molar-refractivity contribution in [1.82, 2.24) is 20.5 Å². The van der Waals surface area contributed by atoms with Crippen molar-refractivity contribution in [1.29, 1.82) is 0 Å². The average molecular weight is 423 g/mol. The highest BCUT2D eigenvalue weighted by atomic mass is 16.5. The van der Waals surface area contributed by atoms with Crippen molar-refractivity contribution in [2.24, 2.45) is 10.9 Å². The minimum Gasteiger partial charge on any atom is -0.493 e. The summed E-state index contributed by atoms with van der Waals surface area (Å²) < 4.78 is 6.01. The van der Waals surface area contributed by atoms with E-state index in [1.165, 1.54) is 12.8 Å². The minimum absolute atomic E-state index is 0.668. The quantitative estimate of drug-likeness (QED) is 0.503. The molecule has 31 heavy (non-hydrogen) atoms. The summed E-state index contributed by atoms with van der Waals surface area (Å²) in [6, 6.07) is 12.5. The molecule has 166 valence electrons. The van der Waals surface area contributed by atoms with Gasteiger partial charge in [0.1, 0.15) is 11.6 Å². The molecule has 1 saturated carbocycles. The number of piperazine rings is 1. The Bertz CT molecular complexity index is 857. The maximum Gasteiger partial charge on any atom is 0.191 e. The Morgan fingerprint density at radius 3 is 2.55 bits per heavy atom. The number of nitrogens with one attached hydrogen (secondary N) is 2. The predicted octanol–water partition coefficient (Wildman–Crippen LogP) is 2.49. The second-order valence-electron chi connectivity index (χ2n) is 8.46. The van der Waals surface area contributed by atoms with Gasteiger partial charge >= 0.3 is 0 Å². The molecule has 0 atom stereocenters. The number of ether oxygens (including phenoxy) is 1. The normalized spacial score (nSPS) is 17.5. The van der Waals surface area contributed by atoms with Crippen molar-refractivity contribution in [3.8, 4) is 5.75 Å². The van der Waals surface area contributed by atoms with E-state index < -0.39 is 0 Å². The maximum absolute atomic E-state index is 6.01. The summed E-state index contributed by atoms with van der Waals surface area (Å²) in [4.78, 5) is 13.7. The molecular weight excluding hydrogens is 388 g/mol. The number of anilines is 1. The van der Waals surface area contributed by atoms with Crippen molar-refractivity contribution < 1.29 is 4.74 Å². The lowest BCUT2D eigenvalue weighted by Gasteiger charge is -2.33. The van der Waals surface area contributed by atoms with Crippen LogP contribution in [0, 0.1) is 5.92 Å². The molecule has 2 aliphatic rings. The van der Waals surface area contributed by atoms with Crippen LogP contribution in [0.15, 0.2) is 47.6 Å². The van der Waals surface area contributed by atoms with Gasteiger partial charge < -0.3 is 25.2 Å². The number of nitrogens with zero attached hydrogens (tertiary/aromatic N) is 4. The molecule has 2 heterocycles. The molecule has 2 N–H and O–H groups in total. The number of aliphatic imine (C=N–C) groups is 1. The first-order valence-electron chi connectivity index (χ1n) is 11.2. The Balaban J connectivity index is 1.25. The zero-order valence-electron chi connectivity index (χ0n) is 18.7. The van der Waals surface area contributed by atoms with Crippen molar-refractivity contribution in [3.63, 3.8) is 0 Å². The number of hydrogen-bond acceptors (Lipinski definition) is 5. The van der Waals surface area contributed by atoms with Crippen LogP contribution in [-0.4, -0.2) is 62.7 Å². The molecule has 7 nitrogen and oxygen atoms in total. The third-order valence-corrected chi connectivity index (χ3v) is 5.91. The third kappa shape index (κ3) is 6.34. The molecule has 0 unspecified atom stereocenters. The lowest BCUT2D eigenvalue weighted by atomic mass is 10.2. The molecule has 0 radical (unpaired) electrons. The fraction of sp³-hybridized carbons (Fsp3) is 0.500. The van der Waals surface area contributed by atoms with Gasteiger partial charge in [-0.3, -0.25) is 4.99 Å². The molecule has 4 rings (SSSR count). The fourth-order valence-corrected chi connectivity index (χ4v) is 3.61. The summed E-state index contributed by atoms with van der Waals surface area (Å²) in [5.74, 6) is 3.52. The summed E-state index contributed by atoms with van der Waals surface area (Å²) in [5, 5.41) is 6.77. The first-order valence-corrected chi connectivity index (χ1v) is 11.2. The predicted molar refractivity (Wildman–Crippen MR) is 126 cm³/mol. The van der Waals surface area contributed by atoms with Gasteiger partial charge in [-0.15, -0.1) is 0 Å². The third-order valence-electron chi connectivity index (χ3n) is 5.91. The van der Waals surface area contributed by atoms with Crippen LogP contribution in [0.25, 0.3) is 0 Å². The molecule has 1 aliphatic heterocycles. The smallest absolute Gasteiger partial charge is 0.191 e. The first kappa shape index (κ1) is 21.4. The molecule has 0 bridgehead atoms. The molecule has 1 aromatic carbocycles. The zero-order valence-corrected chi connectivity index (χ0v) is 18.7. The monoisotopic (exact) mass is 422 g/mol. The standard InChI is InChI=1S/C24H34N6O/c1-25-24(28-17-21-5-3-4-6-22(21)31-18-19-7-8-19)27-16-20-9-10-23(26-15-20)30-13-11-29(2)12-14-30/h3-6,9-10,15,19H,7-8,11-14,16-18H2,1-2H3,(H2,25,27,28). The molecule has 1 aromatic heterocycles. The van der Waals surface area contributed by atoms with Crippen molar-refractivity contribution in [2.45, 2.75) is 25.9 Å². The van der Waals surface area contributed by atoms with Crippen LogP contribution in [0.3, 0.4) is 0 Å². The highest BCUT2D eigenvalue weighted by Gasteiger charge is 2.22. The Labute approximate surface area is 185 Å². The molecule has 1 saturated heterocycles. The molecule has 0 spiro atoms. The zero-order chi connectivity index (χ0) is 21.5. The van der Waals surface area contributed by atoms with Crippen molar-refractivity contribution in [2.75, 3.05) is 51.8 Å². The van der Waals surface area contributed by atoms with E-state index in [0.717, 1.165) is 67.4 Å². The Morgan fingerprint density at radius 1 is 1.06 bits per heavy atom. The molecule has 0 amide bonds. The van der Waals surface area contributed by atoms with Gasteiger partial charge in [-0.2, -0.15) is 0 Å². The van der Waals surface area contributed by atoms with Crippen LogP contribution >= 0.6 is 0 Å². The fourth-order valence-electron chi connectivity index (χ4n) is 3.61. The summed E-state index contributed by atoms with van der Waals surface area (Å²) >= 11 is 0. The number of hydrogen-bond donors (Lipinski definition) is 2. The lowest BCUT2D eigenvalue weighted by Crippen LogP contribution is -2.44. The number of pyridine rings is 1. The van der Waals surface area contributed by atoms with E-state index >= 15 is 0 Å². The number of guanidine groups is 1. The topological polar surface area (TPSA) is 65.0 Å². The number of rotatable bonds is 8. The molecule has 1 aliphatic carbocycles. The van der Waals surface area contributed by atoms with Gasteiger partial charge in [0.2, 0.25) is 0 Å². The Kier molecular flexibility index (Phi) is 7.25. The number of likely N-dealkylation sites (N-methyl/N-ethyl adjacent to an activating group) is 1. The summed E-state index contributed by atoms with van der Waals surface area (Å²) in [6.45, 7) is 6.40. The second-order valence-corrected chi connectivity index (χ2v) is 8.46. The molecule has 2 fully saturated rings. The van der Waals surface area contributed by atoms with Crippen LogP contribution in [0.2, 0.25) is 0 Å². The Hall–Kier alpha value is -2.80. The van der Waals surface area contributed by atoms with Crippen LogP contribution in [0.4, 0.5) is 5.82 Å². The van der Waals surface area contributed by atoms with Gasteiger partial charge in [0.25, 0.3) is 0 Å². The second kappa shape index (κ2) is 10.5. The maximum atomic E-state index is 6.01. The van der Waals surface area contributed by atoms with Crippen molar-refractivity contribution in [3.05, 3.63) is 53.7 Å². The van der Waals surface area contributed by atoms with E-state index in [4.69, 9.17) is 4.74 Å². The summed E-state index contributed by atoms with van der Waals surface area (Å²) in [7, 11) is 3.96. The van der Waals surface area contributed by atoms with E-state index in [9.17, 15) is 0 Å². The van der Waals surface area contributed by atoms with E-state index in [0.29, 0.717) is 13.1 Å². The molecular formula is C24H34N6O. The minimum atomic E-state index is 0.668. The SMILES string of the molecule is CN=C(NCc1ccc(N2CCN(C)CC2)nc1)NCc1ccccc1OCC1CC1. The Morgan fingerprint density at radius 2 is 1.84 bits per heavy atom. The van der Waals surface area contributed by atoms with E-state index in [-0.39, 0.29) is 0 Å². The molecule has 7 heteroatoms. The van der Waals surface area contributed by atoms with E-state index in [2.05, 4.69) is 55.7 Å². The van der Waals surface area contributed by atoms with E-state index in [1.807, 2.05) is 24.4 Å². The van der Waals surface area contributed by atoms with Gasteiger partial charge in [-0.1, -0.05) is 24.3 Å². The van der Waals surface area contributed by atoms with E-state index in [1.54, 1.807) is 7.05 Å². The van der Waals surface area contributed by atoms with Crippen molar-refractivity contribution >= 4 is 11.8 Å². The molecule has 2 aromatic rings. The highest BCUT2D eigenvalue weighted by Crippen LogP contribution is 2.30. The van der Waals surface area contributed by atoms with Crippen LogP contribution < -0.4 is 20.3 Å². The number of para-hydroxylation sites is 1. The summed E-state index contributed by atoms with van der Waals surface area (Å²) in [5.41, 5.74) is 2.28. The van der Waals surface area contributed by atoms with Crippen LogP contribution in [-0.2, 0) is 13.1 Å². The summed E-state index contributed by atoms with van der Waals surface area (Å²) in [6.07, 6.45) is 4.54. The van der Waals surface area contributed by atoms with Gasteiger partial charge in [0, 0.05) is 58.1 Å². The van der Waals surface area contributed by atoms with Gasteiger partial charge in [-0.05, 0) is 43.5 Å². The number of benzene rings is 1. The highest BCUT2D eigenvalue weighted by molar-refractivity contribution is 5.79. The first-order chi connectivity index (χ1) is 15.2. The van der Waals surface area contributed by atoms with Gasteiger partial charge in [0.05, 0.1) is 6.61 Å².